The quantitative estimate of drug-likeness (QED) is 0.428. The van der Waals surface area contributed by atoms with Crippen LogP contribution in [0.2, 0.25) is 0 Å². The molecule has 1 atom stereocenters. The van der Waals surface area contributed by atoms with E-state index in [9.17, 15) is 28.2 Å². The highest BCUT2D eigenvalue weighted by atomic mass is 19.4. The van der Waals surface area contributed by atoms with Gasteiger partial charge < -0.3 is 19.3 Å². The molecule has 1 aliphatic rings. The van der Waals surface area contributed by atoms with E-state index in [1.807, 2.05) is 0 Å². The molecule has 2 N–H and O–H groups in total. The predicted octanol–water partition coefficient (Wildman–Crippen LogP) is 5.07. The molecule has 10 heteroatoms. The van der Waals surface area contributed by atoms with Gasteiger partial charge in [0.25, 0.3) is 0 Å². The number of benzene rings is 2. The van der Waals surface area contributed by atoms with E-state index in [0.717, 1.165) is 0 Å². The minimum atomic E-state index is -4.76. The van der Waals surface area contributed by atoms with E-state index >= 15 is 0 Å². The molecule has 0 unspecified atom stereocenters. The van der Waals surface area contributed by atoms with Crippen molar-refractivity contribution in [2.24, 2.45) is 0 Å². The maximum absolute atomic E-state index is 14.1. The van der Waals surface area contributed by atoms with Crippen molar-refractivity contribution in [1.82, 2.24) is 10.3 Å². The average Bonchev–Trinajstić information content (AvgIpc) is 3.43. The number of alkyl halides is 3. The van der Waals surface area contributed by atoms with E-state index in [1.54, 1.807) is 30.3 Å². The van der Waals surface area contributed by atoms with Gasteiger partial charge in [-0.3, -0.25) is 0 Å². The number of carbonyl (C=O) groups is 1. The van der Waals surface area contributed by atoms with Crippen molar-refractivity contribution in [2.75, 3.05) is 0 Å². The average molecular weight is 470 g/mol. The number of aryl methyl sites for hydroxylation is 1. The molecule has 2 aromatic heterocycles. The van der Waals surface area contributed by atoms with Crippen LogP contribution < -0.4 is 0 Å². The van der Waals surface area contributed by atoms with E-state index in [1.165, 1.54) is 25.1 Å². The van der Waals surface area contributed by atoms with Crippen LogP contribution in [0.3, 0.4) is 0 Å². The monoisotopic (exact) mass is 470 g/mol. The number of halogens is 3. The number of carboxylic acids is 1. The Kier molecular flexibility index (Phi) is 4.87. The van der Waals surface area contributed by atoms with Crippen LogP contribution in [0.25, 0.3) is 34.0 Å². The lowest BCUT2D eigenvalue weighted by Crippen LogP contribution is -2.32. The molecule has 0 fully saturated rings. The van der Waals surface area contributed by atoms with Crippen LogP contribution in [0.5, 0.6) is 0 Å². The van der Waals surface area contributed by atoms with E-state index < -0.39 is 34.8 Å². The Labute approximate surface area is 190 Å². The number of aromatic nitrogens is 2. The lowest BCUT2D eigenvalue weighted by atomic mass is 9.84. The maximum atomic E-state index is 14.1. The Morgan fingerprint density at radius 3 is 2.32 bits per heavy atom. The summed E-state index contributed by atoms with van der Waals surface area (Å²) in [4.78, 5) is 11.4. The molecule has 34 heavy (non-hydrogen) atoms. The van der Waals surface area contributed by atoms with Gasteiger partial charge in [-0.25, -0.2) is 4.79 Å². The van der Waals surface area contributed by atoms with E-state index in [0.29, 0.717) is 28.8 Å². The van der Waals surface area contributed by atoms with Crippen molar-refractivity contribution in [1.29, 1.82) is 0 Å². The maximum Gasteiger partial charge on any atom is 0.422 e. The van der Waals surface area contributed by atoms with Crippen molar-refractivity contribution in [3.63, 3.8) is 0 Å². The molecule has 2 heterocycles. The summed E-state index contributed by atoms with van der Waals surface area (Å²) in [5.74, 6) is -1.93. The van der Waals surface area contributed by atoms with E-state index in [2.05, 4.69) is 10.3 Å². The second-order valence-corrected chi connectivity index (χ2v) is 8.19. The first-order chi connectivity index (χ1) is 16.1. The highest BCUT2D eigenvalue weighted by molar-refractivity contribution is 5.81. The molecular weight excluding hydrogens is 453 g/mol. The normalized spacial score (nSPS) is 14.9. The van der Waals surface area contributed by atoms with Gasteiger partial charge in [0.1, 0.15) is 11.3 Å². The fourth-order valence-electron chi connectivity index (χ4n) is 4.15. The summed E-state index contributed by atoms with van der Waals surface area (Å²) in [7, 11) is 0. The molecule has 0 saturated heterocycles. The number of hydrogen-bond acceptors (Lipinski definition) is 6. The lowest BCUT2D eigenvalue weighted by molar-refractivity contribution is -0.157. The van der Waals surface area contributed by atoms with Gasteiger partial charge in [-0.15, -0.1) is 0 Å². The molecule has 0 radical (unpaired) electrons. The molecule has 2 aromatic carbocycles. The van der Waals surface area contributed by atoms with Crippen LogP contribution in [-0.4, -0.2) is 26.5 Å². The Balaban J connectivity index is 1.62. The largest absolute Gasteiger partial charge is 0.479 e. The molecular formula is C24H17F3N2O5. The molecule has 7 nitrogen and oxygen atoms in total. The zero-order chi connectivity index (χ0) is 24.3. The summed E-state index contributed by atoms with van der Waals surface area (Å²) < 4.78 is 52.7. The van der Waals surface area contributed by atoms with Crippen molar-refractivity contribution < 1.29 is 37.2 Å². The molecule has 0 amide bonds. The first-order valence-corrected chi connectivity index (χ1v) is 10.3. The third-order valence-electron chi connectivity index (χ3n) is 6.00. The SMILES string of the molecule is C[C@](O)(C(=O)O)c1ccc2c(c1)CCc1c-2noc1-c1noc(-c2ccccc2)c1C(F)(F)F. The van der Waals surface area contributed by atoms with Gasteiger partial charge in [-0.2, -0.15) is 13.2 Å². The van der Waals surface area contributed by atoms with Crippen LogP contribution in [-0.2, 0) is 29.4 Å². The summed E-state index contributed by atoms with van der Waals surface area (Å²) in [6.45, 7) is 1.17. The fraction of sp³-hybridized carbons (Fsp3) is 0.208. The van der Waals surface area contributed by atoms with Crippen molar-refractivity contribution >= 4 is 5.97 Å². The van der Waals surface area contributed by atoms with Gasteiger partial charge in [0.15, 0.2) is 22.8 Å². The Morgan fingerprint density at radius 2 is 1.65 bits per heavy atom. The van der Waals surface area contributed by atoms with Crippen molar-refractivity contribution in [2.45, 2.75) is 31.5 Å². The molecule has 5 rings (SSSR count). The summed E-state index contributed by atoms with van der Waals surface area (Å²) in [6, 6.07) is 12.5. The van der Waals surface area contributed by atoms with Crippen LogP contribution in [0.15, 0.2) is 57.6 Å². The standard InChI is InChI=1S/C24H17F3N2O5/c1-23(32,22(30)31)14-8-10-15-13(11-14)7-9-16-18(15)28-34-21(16)19-17(24(25,26)27)20(33-29-19)12-5-3-2-4-6-12/h2-6,8,10-11,32H,7,9H2,1H3,(H,30,31)/t23-/m1/s1. The molecule has 0 saturated carbocycles. The fourth-order valence-corrected chi connectivity index (χ4v) is 4.15. The van der Waals surface area contributed by atoms with Crippen molar-refractivity contribution in [3.8, 4) is 34.0 Å². The number of hydrogen-bond donors (Lipinski definition) is 2. The van der Waals surface area contributed by atoms with Gasteiger partial charge in [0, 0.05) is 16.7 Å². The minimum absolute atomic E-state index is 0.125. The molecule has 0 aliphatic heterocycles. The molecule has 0 bridgehead atoms. The van der Waals surface area contributed by atoms with Crippen LogP contribution in [0, 0.1) is 0 Å². The van der Waals surface area contributed by atoms with Crippen LogP contribution >= 0.6 is 0 Å². The summed E-state index contributed by atoms with van der Waals surface area (Å²) in [5.41, 5.74) is -1.11. The zero-order valence-corrected chi connectivity index (χ0v) is 17.7. The molecule has 174 valence electrons. The van der Waals surface area contributed by atoms with Gasteiger partial charge in [0.2, 0.25) is 0 Å². The minimum Gasteiger partial charge on any atom is -0.479 e. The number of aliphatic carboxylic acids is 1. The first kappa shape index (κ1) is 21.9. The first-order valence-electron chi connectivity index (χ1n) is 10.3. The molecule has 4 aromatic rings. The topological polar surface area (TPSA) is 110 Å². The Hall–Kier alpha value is -3.92. The summed E-state index contributed by atoms with van der Waals surface area (Å²) in [5, 5.41) is 27.2. The van der Waals surface area contributed by atoms with Gasteiger partial charge in [-0.1, -0.05) is 58.8 Å². The van der Waals surface area contributed by atoms with Gasteiger partial charge in [-0.05, 0) is 30.9 Å². The second-order valence-electron chi connectivity index (χ2n) is 8.19. The van der Waals surface area contributed by atoms with E-state index in [4.69, 9.17) is 9.05 Å². The number of aliphatic hydroxyl groups is 1. The Morgan fingerprint density at radius 1 is 0.971 bits per heavy atom. The van der Waals surface area contributed by atoms with Gasteiger partial charge >= 0.3 is 12.1 Å². The zero-order valence-electron chi connectivity index (χ0n) is 17.7. The number of carboxylic acid groups (broad SMARTS) is 1. The Bertz CT molecular complexity index is 1400. The summed E-state index contributed by atoms with van der Waals surface area (Å²) >= 11 is 0. The van der Waals surface area contributed by atoms with Crippen molar-refractivity contribution in [3.05, 3.63) is 70.8 Å². The summed E-state index contributed by atoms with van der Waals surface area (Å²) in [6.07, 6.45) is -4.10. The number of nitrogens with zero attached hydrogens (tertiary/aromatic N) is 2. The molecule has 0 spiro atoms. The molecule has 1 aliphatic carbocycles. The highest BCUT2D eigenvalue weighted by Crippen LogP contribution is 2.46. The van der Waals surface area contributed by atoms with Crippen LogP contribution in [0.4, 0.5) is 13.2 Å². The highest BCUT2D eigenvalue weighted by Gasteiger charge is 2.43. The third-order valence-corrected chi connectivity index (χ3v) is 6.00. The number of rotatable bonds is 4. The van der Waals surface area contributed by atoms with E-state index in [-0.39, 0.29) is 23.3 Å². The second kappa shape index (κ2) is 7.56. The number of fused-ring (bicyclic) bond motifs is 3. The van der Waals surface area contributed by atoms with Crippen LogP contribution in [0.1, 0.15) is 29.2 Å². The third kappa shape index (κ3) is 3.38. The smallest absolute Gasteiger partial charge is 0.422 e. The lowest BCUT2D eigenvalue weighted by Gasteiger charge is -2.22. The van der Waals surface area contributed by atoms with Gasteiger partial charge in [0.05, 0.1) is 0 Å². The predicted molar refractivity (Wildman–Crippen MR) is 112 cm³/mol.